The fourth-order valence-electron chi connectivity index (χ4n) is 3.68. The molecule has 3 aromatic carbocycles. The highest BCUT2D eigenvalue weighted by molar-refractivity contribution is 5.91. The van der Waals surface area contributed by atoms with E-state index in [2.05, 4.69) is 16.7 Å². The summed E-state index contributed by atoms with van der Waals surface area (Å²) in [6.45, 7) is 6.59. The lowest BCUT2D eigenvalue weighted by Crippen LogP contribution is -2.32. The first-order valence-electron chi connectivity index (χ1n) is 11.0. The number of nitrogens with one attached hydrogen (secondary N) is 2. The fraction of sp³-hybridized carbons (Fsp3) is 0.259. The van der Waals surface area contributed by atoms with Gasteiger partial charge in [-0.25, -0.2) is 4.79 Å². The van der Waals surface area contributed by atoms with Gasteiger partial charge < -0.3 is 21.1 Å². The Kier molecular flexibility index (Phi) is 8.22. The summed E-state index contributed by atoms with van der Waals surface area (Å²) in [4.78, 5) is 25.5. The summed E-state index contributed by atoms with van der Waals surface area (Å²) in [6, 6.07) is 20.4. The lowest BCUT2D eigenvalue weighted by Gasteiger charge is -2.22. The smallest absolute Gasteiger partial charge is 0.407 e. The van der Waals surface area contributed by atoms with Crippen molar-refractivity contribution in [2.45, 2.75) is 46.4 Å². The maximum absolute atomic E-state index is 12.9. The van der Waals surface area contributed by atoms with Gasteiger partial charge in [0.2, 0.25) is 5.91 Å². The van der Waals surface area contributed by atoms with Crippen molar-refractivity contribution in [3.05, 3.63) is 100 Å². The van der Waals surface area contributed by atoms with Crippen LogP contribution in [0.5, 0.6) is 0 Å². The van der Waals surface area contributed by atoms with Crippen LogP contribution in [0.2, 0.25) is 0 Å². The first-order valence-corrected chi connectivity index (χ1v) is 11.0. The van der Waals surface area contributed by atoms with Crippen LogP contribution in [0.4, 0.5) is 10.5 Å². The number of aryl methyl sites for hydroxylation is 3. The summed E-state index contributed by atoms with van der Waals surface area (Å²) in [6.07, 6.45) is -0.504. The van der Waals surface area contributed by atoms with Crippen LogP contribution < -0.4 is 16.4 Å². The largest absolute Gasteiger partial charge is 0.445 e. The van der Waals surface area contributed by atoms with E-state index in [1.165, 1.54) is 0 Å². The summed E-state index contributed by atoms with van der Waals surface area (Å²) in [7, 11) is 0. The maximum atomic E-state index is 12.9. The van der Waals surface area contributed by atoms with Gasteiger partial charge >= 0.3 is 6.09 Å². The Labute approximate surface area is 195 Å². The second kappa shape index (κ2) is 11.3. The van der Waals surface area contributed by atoms with Gasteiger partial charge in [0.25, 0.3) is 0 Å². The lowest BCUT2D eigenvalue weighted by molar-refractivity contribution is -0.116. The van der Waals surface area contributed by atoms with E-state index in [9.17, 15) is 9.59 Å². The van der Waals surface area contributed by atoms with E-state index in [1.54, 1.807) is 0 Å². The van der Waals surface area contributed by atoms with E-state index in [4.69, 9.17) is 10.5 Å². The molecule has 0 saturated heterocycles. The van der Waals surface area contributed by atoms with Crippen LogP contribution in [0, 0.1) is 20.8 Å². The van der Waals surface area contributed by atoms with Crippen molar-refractivity contribution < 1.29 is 14.3 Å². The minimum Gasteiger partial charge on any atom is -0.445 e. The van der Waals surface area contributed by atoms with Gasteiger partial charge in [-0.2, -0.15) is 0 Å². The lowest BCUT2D eigenvalue weighted by atomic mass is 9.94. The van der Waals surface area contributed by atoms with Crippen LogP contribution >= 0.6 is 0 Å². The summed E-state index contributed by atoms with van der Waals surface area (Å²) < 4.78 is 5.41. The van der Waals surface area contributed by atoms with Gasteiger partial charge in [-0.05, 0) is 66.3 Å². The van der Waals surface area contributed by atoms with Crippen LogP contribution in [0.15, 0.2) is 66.7 Å². The van der Waals surface area contributed by atoms with Crippen molar-refractivity contribution >= 4 is 17.7 Å². The quantitative estimate of drug-likeness (QED) is 0.451. The normalized spacial score (nSPS) is 11.5. The molecule has 0 aliphatic heterocycles. The molecule has 0 heterocycles. The number of nitrogens with two attached hydrogens (primary N) is 1. The van der Waals surface area contributed by atoms with Gasteiger partial charge in [-0.3, -0.25) is 4.79 Å². The van der Waals surface area contributed by atoms with Crippen molar-refractivity contribution in [2.24, 2.45) is 5.73 Å². The Balaban J connectivity index is 1.75. The Morgan fingerprint density at radius 3 is 2.30 bits per heavy atom. The monoisotopic (exact) mass is 445 g/mol. The van der Waals surface area contributed by atoms with Crippen LogP contribution in [-0.2, 0) is 22.7 Å². The molecular formula is C27H31N3O3. The van der Waals surface area contributed by atoms with Crippen molar-refractivity contribution in [1.82, 2.24) is 5.32 Å². The topological polar surface area (TPSA) is 93.5 Å². The molecule has 4 N–H and O–H groups in total. The van der Waals surface area contributed by atoms with E-state index in [0.29, 0.717) is 12.2 Å². The zero-order valence-corrected chi connectivity index (χ0v) is 19.4. The number of carbonyl (C=O) groups is 2. The molecule has 33 heavy (non-hydrogen) atoms. The van der Waals surface area contributed by atoms with E-state index in [1.807, 2.05) is 81.4 Å². The first-order chi connectivity index (χ1) is 15.9. The highest BCUT2D eigenvalue weighted by atomic mass is 16.5. The summed E-state index contributed by atoms with van der Waals surface area (Å²) in [5, 5.41) is 5.80. The number of ether oxygens (including phenoxy) is 1. The number of hydrogen-bond donors (Lipinski definition) is 3. The number of rotatable bonds is 8. The van der Waals surface area contributed by atoms with Gasteiger partial charge in [-0.1, -0.05) is 54.6 Å². The molecule has 0 bridgehead atoms. The zero-order chi connectivity index (χ0) is 23.8. The number of anilines is 1. The summed E-state index contributed by atoms with van der Waals surface area (Å²) in [5.41, 5.74) is 12.3. The molecule has 3 rings (SSSR count). The van der Waals surface area contributed by atoms with Crippen molar-refractivity contribution in [3.63, 3.8) is 0 Å². The van der Waals surface area contributed by atoms with Crippen molar-refractivity contribution in [2.75, 3.05) is 5.32 Å². The third-order valence-corrected chi connectivity index (χ3v) is 5.60. The molecule has 0 aliphatic carbocycles. The molecule has 0 unspecified atom stereocenters. The van der Waals surface area contributed by atoms with E-state index in [-0.39, 0.29) is 18.9 Å². The number of benzene rings is 3. The fourth-order valence-corrected chi connectivity index (χ4v) is 3.68. The molecule has 0 spiro atoms. The molecule has 0 radical (unpaired) electrons. The van der Waals surface area contributed by atoms with Gasteiger partial charge in [0.05, 0.1) is 12.5 Å². The molecule has 6 heteroatoms. The molecule has 2 amide bonds. The molecule has 3 aromatic rings. The molecule has 0 saturated carbocycles. The molecule has 172 valence electrons. The molecule has 6 nitrogen and oxygen atoms in total. The zero-order valence-electron chi connectivity index (χ0n) is 19.4. The molecular weight excluding hydrogens is 414 g/mol. The molecule has 0 aromatic heterocycles. The second-order valence-electron chi connectivity index (χ2n) is 8.21. The standard InChI is InChI=1S/C27H31N3O3/c1-18-12-20(3)24(13-19(18)2)25(30-27(32)33-17-21-8-5-4-6-9-21)15-26(31)29-23-11-7-10-22(14-23)16-28/h4-14,25H,15-17,28H2,1-3H3,(H,29,31)(H,30,32)/t25-/m1/s1. The Morgan fingerprint density at radius 1 is 0.879 bits per heavy atom. The number of carbonyl (C=O) groups excluding carboxylic acids is 2. The van der Waals surface area contributed by atoms with Crippen LogP contribution in [0.3, 0.4) is 0 Å². The predicted octanol–water partition coefficient (Wildman–Crippen LogP) is 5.07. The average Bonchev–Trinajstić information content (AvgIpc) is 2.80. The Bertz CT molecular complexity index is 1110. The molecule has 0 fully saturated rings. The number of alkyl carbamates (subject to hydrolysis) is 1. The highest BCUT2D eigenvalue weighted by Gasteiger charge is 2.22. The number of hydrogen-bond acceptors (Lipinski definition) is 4. The maximum Gasteiger partial charge on any atom is 0.407 e. The summed E-state index contributed by atoms with van der Waals surface area (Å²) in [5.74, 6) is -0.213. The van der Waals surface area contributed by atoms with Crippen molar-refractivity contribution in [1.29, 1.82) is 0 Å². The van der Waals surface area contributed by atoms with Gasteiger partial charge in [0.15, 0.2) is 0 Å². The van der Waals surface area contributed by atoms with E-state index >= 15 is 0 Å². The molecule has 1 atom stereocenters. The third-order valence-electron chi connectivity index (χ3n) is 5.60. The van der Waals surface area contributed by atoms with Crippen LogP contribution in [-0.4, -0.2) is 12.0 Å². The van der Waals surface area contributed by atoms with E-state index < -0.39 is 12.1 Å². The van der Waals surface area contributed by atoms with Crippen LogP contribution in [0.1, 0.15) is 45.8 Å². The second-order valence-corrected chi connectivity index (χ2v) is 8.21. The molecule has 0 aliphatic rings. The first kappa shape index (κ1) is 24.0. The SMILES string of the molecule is Cc1cc(C)c([C@@H](CC(=O)Nc2cccc(CN)c2)NC(=O)OCc2ccccc2)cc1C. The van der Waals surface area contributed by atoms with Crippen molar-refractivity contribution in [3.8, 4) is 0 Å². The highest BCUT2D eigenvalue weighted by Crippen LogP contribution is 2.25. The van der Waals surface area contributed by atoms with Gasteiger partial charge in [0, 0.05) is 12.2 Å². The van der Waals surface area contributed by atoms with Crippen LogP contribution in [0.25, 0.3) is 0 Å². The predicted molar refractivity (Wildman–Crippen MR) is 131 cm³/mol. The minimum absolute atomic E-state index is 0.0661. The number of amides is 2. The summed E-state index contributed by atoms with van der Waals surface area (Å²) >= 11 is 0. The van der Waals surface area contributed by atoms with E-state index in [0.717, 1.165) is 33.4 Å². The van der Waals surface area contributed by atoms with Gasteiger partial charge in [0.1, 0.15) is 6.61 Å². The minimum atomic E-state index is -0.570. The Morgan fingerprint density at radius 2 is 1.58 bits per heavy atom. The average molecular weight is 446 g/mol. The third kappa shape index (κ3) is 6.92. The Hall–Kier alpha value is -3.64. The van der Waals surface area contributed by atoms with Gasteiger partial charge in [-0.15, -0.1) is 0 Å².